The summed E-state index contributed by atoms with van der Waals surface area (Å²) >= 11 is 0.953. The van der Waals surface area contributed by atoms with Crippen LogP contribution in [0, 0.1) is 5.92 Å². The number of hydrogen-bond acceptors (Lipinski definition) is 6. The van der Waals surface area contributed by atoms with Crippen LogP contribution in [0.2, 0.25) is 0 Å². The van der Waals surface area contributed by atoms with Crippen molar-refractivity contribution in [2.24, 2.45) is 5.92 Å². The molecule has 1 N–H and O–H groups in total. The van der Waals surface area contributed by atoms with Crippen LogP contribution in [0.15, 0.2) is 0 Å². The number of sulfone groups is 1. The van der Waals surface area contributed by atoms with Gasteiger partial charge in [-0.1, -0.05) is 18.7 Å². The Bertz CT molecular complexity index is 500. The van der Waals surface area contributed by atoms with Gasteiger partial charge in [-0.2, -0.15) is 0 Å². The second-order valence-corrected chi connectivity index (χ2v) is 7.68. The first-order chi connectivity index (χ1) is 8.64. The first-order valence-electron chi connectivity index (χ1n) is 5.51. The number of thioether (sulfide) groups is 1. The number of rotatable bonds is 4. The molecule has 1 fully saturated rings. The fraction of sp³-hybridized carbons (Fsp3) is 0.700. The van der Waals surface area contributed by atoms with E-state index in [1.54, 1.807) is 6.92 Å². The summed E-state index contributed by atoms with van der Waals surface area (Å²) in [6, 6.07) is -1.33. The molecule has 2 atom stereocenters. The Morgan fingerprint density at radius 1 is 1.42 bits per heavy atom. The van der Waals surface area contributed by atoms with Gasteiger partial charge in [0.15, 0.2) is 15.0 Å². The summed E-state index contributed by atoms with van der Waals surface area (Å²) in [4.78, 5) is 34.7. The molecule has 1 saturated heterocycles. The summed E-state index contributed by atoms with van der Waals surface area (Å²) in [6.07, 6.45) is 0. The lowest BCUT2D eigenvalue weighted by atomic mass is 10.1. The summed E-state index contributed by atoms with van der Waals surface area (Å²) in [5, 5.41) is 8.80. The molecule has 9 heteroatoms. The van der Waals surface area contributed by atoms with Crippen LogP contribution in [0.1, 0.15) is 13.8 Å². The van der Waals surface area contributed by atoms with Gasteiger partial charge in [0.1, 0.15) is 11.9 Å². The van der Waals surface area contributed by atoms with Gasteiger partial charge in [0.05, 0.1) is 5.75 Å². The molecule has 0 aromatic carbocycles. The average Bonchev–Trinajstić information content (AvgIpc) is 2.61. The van der Waals surface area contributed by atoms with Crippen LogP contribution in [0.3, 0.4) is 0 Å². The Hall–Kier alpha value is -1.09. The number of nitrogens with zero attached hydrogens (tertiary/aromatic N) is 1. The first kappa shape index (κ1) is 16.0. The van der Waals surface area contributed by atoms with Crippen molar-refractivity contribution in [1.29, 1.82) is 0 Å². The van der Waals surface area contributed by atoms with Gasteiger partial charge in [0.2, 0.25) is 5.91 Å². The van der Waals surface area contributed by atoms with Gasteiger partial charge in [-0.25, -0.2) is 13.2 Å². The van der Waals surface area contributed by atoms with Gasteiger partial charge < -0.3 is 10.0 Å². The molecule has 0 bridgehead atoms. The van der Waals surface area contributed by atoms with Gasteiger partial charge in [-0.15, -0.1) is 0 Å². The predicted molar refractivity (Wildman–Crippen MR) is 69.2 cm³/mol. The van der Waals surface area contributed by atoms with Crippen molar-refractivity contribution in [3.63, 3.8) is 0 Å². The summed E-state index contributed by atoms with van der Waals surface area (Å²) in [7, 11) is -3.55. The van der Waals surface area contributed by atoms with E-state index in [2.05, 4.69) is 0 Å². The zero-order valence-corrected chi connectivity index (χ0v) is 12.2. The van der Waals surface area contributed by atoms with Crippen molar-refractivity contribution in [1.82, 2.24) is 4.90 Å². The highest BCUT2D eigenvalue weighted by Crippen LogP contribution is 2.20. The molecule has 1 rings (SSSR count). The van der Waals surface area contributed by atoms with Crippen molar-refractivity contribution >= 4 is 38.6 Å². The van der Waals surface area contributed by atoms with Gasteiger partial charge >= 0.3 is 5.97 Å². The molecule has 0 radical (unpaired) electrons. The Balaban J connectivity index is 2.79. The van der Waals surface area contributed by atoms with Crippen molar-refractivity contribution < 1.29 is 27.9 Å². The highest BCUT2D eigenvalue weighted by Gasteiger charge is 2.43. The van der Waals surface area contributed by atoms with E-state index in [0.29, 0.717) is 0 Å². The van der Waals surface area contributed by atoms with Crippen molar-refractivity contribution in [2.75, 3.05) is 17.4 Å². The molecule has 0 aromatic heterocycles. The number of carboxylic acid groups (broad SMARTS) is 1. The van der Waals surface area contributed by atoms with Crippen LogP contribution in [0.5, 0.6) is 0 Å². The van der Waals surface area contributed by atoms with E-state index in [0.717, 1.165) is 16.7 Å². The Morgan fingerprint density at radius 2 is 2.00 bits per heavy atom. The fourth-order valence-corrected chi connectivity index (χ4v) is 3.97. The molecule has 0 aliphatic carbocycles. The van der Waals surface area contributed by atoms with E-state index >= 15 is 0 Å². The fourth-order valence-electron chi connectivity index (χ4n) is 1.70. The largest absolute Gasteiger partial charge is 0.480 e. The predicted octanol–water partition coefficient (Wildman–Crippen LogP) is -0.430. The number of carbonyl (C=O) groups excluding carboxylic acids is 2. The van der Waals surface area contributed by atoms with Crippen LogP contribution in [-0.2, 0) is 24.2 Å². The number of carboxylic acids is 1. The Labute approximate surface area is 115 Å². The van der Waals surface area contributed by atoms with E-state index in [9.17, 15) is 22.8 Å². The third-order valence-corrected chi connectivity index (χ3v) is 5.22. The Kier molecular flexibility index (Phi) is 4.97. The molecular weight excluding hydrogens is 294 g/mol. The molecule has 7 nitrogen and oxygen atoms in total. The van der Waals surface area contributed by atoms with Crippen LogP contribution < -0.4 is 0 Å². The molecule has 108 valence electrons. The summed E-state index contributed by atoms with van der Waals surface area (Å²) in [6.45, 7) is 2.91. The molecule has 1 amide bonds. The molecule has 19 heavy (non-hydrogen) atoms. The second-order valence-electron chi connectivity index (χ2n) is 4.41. The molecule has 0 spiro atoms. The number of hydrogen-bond donors (Lipinski definition) is 1. The smallest absolute Gasteiger partial charge is 0.327 e. The molecule has 1 aliphatic heterocycles. The number of aliphatic carboxylic acids is 1. The van der Waals surface area contributed by atoms with E-state index < -0.39 is 45.3 Å². The minimum atomic E-state index is -3.55. The molecular formula is C10H15NO6S2. The monoisotopic (exact) mass is 309 g/mol. The zero-order chi connectivity index (χ0) is 14.8. The van der Waals surface area contributed by atoms with E-state index in [1.807, 2.05) is 0 Å². The molecule has 1 aliphatic rings. The van der Waals surface area contributed by atoms with Gasteiger partial charge in [-0.05, 0) is 0 Å². The molecule has 0 aromatic rings. The van der Waals surface area contributed by atoms with Crippen molar-refractivity contribution in [2.45, 2.75) is 19.9 Å². The number of amides is 1. The van der Waals surface area contributed by atoms with Crippen LogP contribution in [0.25, 0.3) is 0 Å². The average molecular weight is 309 g/mol. The maximum Gasteiger partial charge on any atom is 0.327 e. The van der Waals surface area contributed by atoms with E-state index in [-0.39, 0.29) is 10.9 Å². The third kappa shape index (κ3) is 4.20. The minimum absolute atomic E-state index is 0.150. The second kappa shape index (κ2) is 5.91. The maximum atomic E-state index is 12.0. The van der Waals surface area contributed by atoms with Crippen LogP contribution in [-0.4, -0.2) is 58.8 Å². The van der Waals surface area contributed by atoms with Gasteiger partial charge in [0, 0.05) is 18.6 Å². The summed E-state index contributed by atoms with van der Waals surface area (Å²) in [5.41, 5.74) is 0. The standard InChI is InChI=1S/C10H15NO6S2/c1-6(3-18-7(2)12)9(13)11-5-19(16,17)4-8(11)10(14)15/h6,8H,3-5H2,1-2H3,(H,14,15). The first-order valence-corrected chi connectivity index (χ1v) is 8.32. The van der Waals surface area contributed by atoms with Crippen LogP contribution >= 0.6 is 11.8 Å². The normalized spacial score (nSPS) is 23.1. The lowest BCUT2D eigenvalue weighted by Gasteiger charge is -2.23. The summed E-state index contributed by atoms with van der Waals surface area (Å²) in [5.74, 6) is -3.41. The topological polar surface area (TPSA) is 109 Å². The van der Waals surface area contributed by atoms with E-state index in [1.165, 1.54) is 6.92 Å². The van der Waals surface area contributed by atoms with Crippen molar-refractivity contribution in [3.05, 3.63) is 0 Å². The maximum absolute atomic E-state index is 12.0. The van der Waals surface area contributed by atoms with Gasteiger partial charge in [0.25, 0.3) is 0 Å². The zero-order valence-electron chi connectivity index (χ0n) is 10.5. The summed E-state index contributed by atoms with van der Waals surface area (Å²) < 4.78 is 22.9. The minimum Gasteiger partial charge on any atom is -0.480 e. The third-order valence-electron chi connectivity index (χ3n) is 2.65. The number of carbonyl (C=O) groups is 3. The lowest BCUT2D eigenvalue weighted by molar-refractivity contribution is -0.148. The molecule has 1 heterocycles. The van der Waals surface area contributed by atoms with Gasteiger partial charge in [-0.3, -0.25) is 9.59 Å². The molecule has 0 saturated carbocycles. The highest BCUT2D eigenvalue weighted by atomic mass is 32.2. The Morgan fingerprint density at radius 3 is 2.47 bits per heavy atom. The quantitative estimate of drug-likeness (QED) is 0.750. The lowest BCUT2D eigenvalue weighted by Crippen LogP contribution is -2.44. The SMILES string of the molecule is CC(=O)SCC(C)C(=O)N1CS(=O)(=O)CC1C(=O)O. The van der Waals surface area contributed by atoms with Crippen LogP contribution in [0.4, 0.5) is 0 Å². The van der Waals surface area contributed by atoms with Crippen molar-refractivity contribution in [3.8, 4) is 0 Å². The van der Waals surface area contributed by atoms with E-state index in [4.69, 9.17) is 5.11 Å². The molecule has 2 unspecified atom stereocenters. The highest BCUT2D eigenvalue weighted by molar-refractivity contribution is 8.13.